The predicted molar refractivity (Wildman–Crippen MR) is 85.1 cm³/mol. The molecule has 0 bridgehead atoms. The smallest absolute Gasteiger partial charge is 0.0235 e. The van der Waals surface area contributed by atoms with Crippen molar-refractivity contribution in [1.29, 1.82) is 0 Å². The Morgan fingerprint density at radius 2 is 1.75 bits per heavy atom. The van der Waals surface area contributed by atoms with Crippen LogP contribution in [0.3, 0.4) is 0 Å². The molecule has 0 amide bonds. The fourth-order valence-electron chi connectivity index (χ4n) is 4.50. The maximum atomic E-state index is 3.72. The third-order valence-corrected chi connectivity index (χ3v) is 5.71. The molecule has 3 aliphatic rings. The van der Waals surface area contributed by atoms with Crippen LogP contribution in [0.4, 0.5) is 0 Å². The molecule has 0 spiro atoms. The minimum absolute atomic E-state index is 0.800. The number of piperidine rings is 1. The van der Waals surface area contributed by atoms with Crippen molar-refractivity contribution in [2.45, 2.75) is 76.4 Å². The summed E-state index contributed by atoms with van der Waals surface area (Å²) in [5.74, 6) is 0. The maximum Gasteiger partial charge on any atom is 0.0235 e. The van der Waals surface area contributed by atoms with Crippen LogP contribution in [0.2, 0.25) is 0 Å². The third-order valence-electron chi connectivity index (χ3n) is 5.71. The molecule has 116 valence electrons. The van der Waals surface area contributed by atoms with Gasteiger partial charge in [-0.25, -0.2) is 0 Å². The van der Waals surface area contributed by atoms with Crippen LogP contribution in [-0.4, -0.2) is 60.6 Å². The van der Waals surface area contributed by atoms with Crippen LogP contribution < -0.4 is 5.32 Å². The SMILES string of the molecule is CCCNC1CCC(N2CCC(N3CCCCC3)C2)C1. The van der Waals surface area contributed by atoms with E-state index < -0.39 is 0 Å². The summed E-state index contributed by atoms with van der Waals surface area (Å²) in [7, 11) is 0. The molecule has 3 heteroatoms. The highest BCUT2D eigenvalue weighted by Crippen LogP contribution is 2.29. The topological polar surface area (TPSA) is 18.5 Å². The second-order valence-electron chi connectivity index (χ2n) is 7.15. The van der Waals surface area contributed by atoms with Gasteiger partial charge in [0.2, 0.25) is 0 Å². The molecule has 0 radical (unpaired) electrons. The minimum Gasteiger partial charge on any atom is -0.314 e. The Kier molecular flexibility index (Phi) is 5.36. The molecule has 0 aromatic carbocycles. The molecule has 3 atom stereocenters. The number of hydrogen-bond donors (Lipinski definition) is 1. The van der Waals surface area contributed by atoms with Gasteiger partial charge < -0.3 is 5.32 Å². The number of nitrogens with one attached hydrogen (secondary N) is 1. The molecule has 0 aromatic heterocycles. The standard InChI is InChI=1S/C17H33N3/c1-2-9-18-15-6-7-16(13-15)20-12-8-17(14-20)19-10-4-3-5-11-19/h15-18H,2-14H2,1H3. The van der Waals surface area contributed by atoms with Crippen molar-refractivity contribution in [1.82, 2.24) is 15.1 Å². The first kappa shape index (κ1) is 14.8. The predicted octanol–water partition coefficient (Wildman–Crippen LogP) is 2.47. The highest BCUT2D eigenvalue weighted by Gasteiger charge is 2.35. The molecule has 2 heterocycles. The molecule has 3 unspecified atom stereocenters. The Morgan fingerprint density at radius 1 is 0.900 bits per heavy atom. The zero-order chi connectivity index (χ0) is 13.8. The molecule has 3 rings (SSSR count). The van der Waals surface area contributed by atoms with Crippen molar-refractivity contribution >= 4 is 0 Å². The molecule has 1 aliphatic carbocycles. The van der Waals surface area contributed by atoms with E-state index in [1.54, 1.807) is 0 Å². The van der Waals surface area contributed by atoms with Crippen LogP contribution >= 0.6 is 0 Å². The monoisotopic (exact) mass is 279 g/mol. The van der Waals surface area contributed by atoms with Gasteiger partial charge in [0.05, 0.1) is 0 Å². The van der Waals surface area contributed by atoms with Crippen LogP contribution in [-0.2, 0) is 0 Å². The summed E-state index contributed by atoms with van der Waals surface area (Å²) < 4.78 is 0. The first-order chi connectivity index (χ1) is 9.86. The van der Waals surface area contributed by atoms with Gasteiger partial charge >= 0.3 is 0 Å². The summed E-state index contributed by atoms with van der Waals surface area (Å²) >= 11 is 0. The van der Waals surface area contributed by atoms with E-state index >= 15 is 0 Å². The summed E-state index contributed by atoms with van der Waals surface area (Å²) in [4.78, 5) is 5.60. The second-order valence-corrected chi connectivity index (χ2v) is 7.15. The van der Waals surface area contributed by atoms with Crippen LogP contribution in [0.25, 0.3) is 0 Å². The maximum absolute atomic E-state index is 3.72. The zero-order valence-electron chi connectivity index (χ0n) is 13.3. The van der Waals surface area contributed by atoms with Crippen molar-refractivity contribution in [2.24, 2.45) is 0 Å². The van der Waals surface area contributed by atoms with E-state index in [1.807, 2.05) is 0 Å². The Morgan fingerprint density at radius 3 is 2.55 bits per heavy atom. The average Bonchev–Trinajstić information content (AvgIpc) is 3.15. The lowest BCUT2D eigenvalue weighted by atomic mass is 10.1. The number of hydrogen-bond acceptors (Lipinski definition) is 3. The van der Waals surface area contributed by atoms with Crippen LogP contribution in [0.1, 0.15) is 58.3 Å². The highest BCUT2D eigenvalue weighted by atomic mass is 15.3. The van der Waals surface area contributed by atoms with Crippen molar-refractivity contribution in [2.75, 3.05) is 32.7 Å². The molecule has 2 aliphatic heterocycles. The molecule has 20 heavy (non-hydrogen) atoms. The summed E-state index contributed by atoms with van der Waals surface area (Å²) in [6.45, 7) is 8.90. The van der Waals surface area contributed by atoms with Crippen LogP contribution in [0.15, 0.2) is 0 Å². The Labute approximate surface area is 125 Å². The van der Waals surface area contributed by atoms with Gasteiger partial charge in [-0.1, -0.05) is 13.3 Å². The lowest BCUT2D eigenvalue weighted by molar-refractivity contribution is 0.152. The van der Waals surface area contributed by atoms with E-state index in [9.17, 15) is 0 Å². The molecule has 0 aromatic rings. The van der Waals surface area contributed by atoms with Gasteiger partial charge in [0, 0.05) is 31.2 Å². The molecule has 3 nitrogen and oxygen atoms in total. The fraction of sp³-hybridized carbons (Fsp3) is 1.00. The van der Waals surface area contributed by atoms with E-state index in [4.69, 9.17) is 0 Å². The second kappa shape index (κ2) is 7.24. The van der Waals surface area contributed by atoms with Crippen molar-refractivity contribution in [3.8, 4) is 0 Å². The van der Waals surface area contributed by atoms with E-state index in [1.165, 1.54) is 84.1 Å². The van der Waals surface area contributed by atoms with E-state index in [-0.39, 0.29) is 0 Å². The first-order valence-electron chi connectivity index (χ1n) is 9.08. The van der Waals surface area contributed by atoms with Gasteiger partial charge in [0.25, 0.3) is 0 Å². The molecular weight excluding hydrogens is 246 g/mol. The number of likely N-dealkylation sites (tertiary alicyclic amines) is 2. The Bertz CT molecular complexity index is 288. The summed E-state index contributed by atoms with van der Waals surface area (Å²) in [5.41, 5.74) is 0. The normalized spacial score (nSPS) is 36.8. The molecule has 1 N–H and O–H groups in total. The van der Waals surface area contributed by atoms with Crippen LogP contribution in [0.5, 0.6) is 0 Å². The van der Waals surface area contributed by atoms with E-state index in [0.717, 1.165) is 18.1 Å². The minimum atomic E-state index is 0.800. The third kappa shape index (κ3) is 3.55. The number of rotatable bonds is 5. The number of nitrogens with zero attached hydrogens (tertiary/aromatic N) is 2. The van der Waals surface area contributed by atoms with Crippen LogP contribution in [0, 0.1) is 0 Å². The van der Waals surface area contributed by atoms with Crippen molar-refractivity contribution in [3.05, 3.63) is 0 Å². The van der Waals surface area contributed by atoms with Gasteiger partial charge in [-0.05, 0) is 64.6 Å². The summed E-state index contributed by atoms with van der Waals surface area (Å²) in [6.07, 6.45) is 11.2. The molecule has 3 fully saturated rings. The van der Waals surface area contributed by atoms with Gasteiger partial charge in [0.15, 0.2) is 0 Å². The average molecular weight is 279 g/mol. The van der Waals surface area contributed by atoms with Gasteiger partial charge in [-0.3, -0.25) is 9.80 Å². The molecular formula is C17H33N3. The lowest BCUT2D eigenvalue weighted by Crippen LogP contribution is -2.42. The van der Waals surface area contributed by atoms with Crippen molar-refractivity contribution < 1.29 is 0 Å². The zero-order valence-corrected chi connectivity index (χ0v) is 13.3. The molecule has 2 saturated heterocycles. The summed E-state index contributed by atoms with van der Waals surface area (Å²) in [5, 5.41) is 3.72. The quantitative estimate of drug-likeness (QED) is 0.834. The van der Waals surface area contributed by atoms with E-state index in [2.05, 4.69) is 22.0 Å². The highest BCUT2D eigenvalue weighted by molar-refractivity contribution is 4.93. The Balaban J connectivity index is 1.43. The first-order valence-corrected chi connectivity index (χ1v) is 9.08. The van der Waals surface area contributed by atoms with Gasteiger partial charge in [-0.15, -0.1) is 0 Å². The fourth-order valence-corrected chi connectivity index (χ4v) is 4.50. The lowest BCUT2D eigenvalue weighted by Gasteiger charge is -2.33. The van der Waals surface area contributed by atoms with E-state index in [0.29, 0.717) is 0 Å². The molecule has 1 saturated carbocycles. The van der Waals surface area contributed by atoms with Gasteiger partial charge in [-0.2, -0.15) is 0 Å². The Hall–Kier alpha value is -0.120. The summed E-state index contributed by atoms with van der Waals surface area (Å²) in [6, 6.07) is 2.55. The van der Waals surface area contributed by atoms with Crippen molar-refractivity contribution in [3.63, 3.8) is 0 Å². The van der Waals surface area contributed by atoms with Gasteiger partial charge in [0.1, 0.15) is 0 Å². The largest absolute Gasteiger partial charge is 0.314 e.